The van der Waals surface area contributed by atoms with Crippen LogP contribution in [0, 0.1) is 0 Å². The molecule has 1 heterocycles. The number of nitrogens with zero attached hydrogens (tertiary/aromatic N) is 2. The SMILES string of the molecule is CC[C@@H](CN(C)C)NC(=O)N1CC(Oc2ccccc2)C1. The summed E-state index contributed by atoms with van der Waals surface area (Å²) in [7, 11) is 4.03. The Hall–Kier alpha value is -1.75. The lowest BCUT2D eigenvalue weighted by atomic mass is 10.1. The summed E-state index contributed by atoms with van der Waals surface area (Å²) in [5.74, 6) is 0.863. The smallest absolute Gasteiger partial charge is 0.317 e. The maximum Gasteiger partial charge on any atom is 0.317 e. The summed E-state index contributed by atoms with van der Waals surface area (Å²) >= 11 is 0. The minimum Gasteiger partial charge on any atom is -0.487 e. The third-order valence-corrected chi connectivity index (χ3v) is 3.59. The van der Waals surface area contributed by atoms with Crippen LogP contribution in [-0.4, -0.2) is 61.7 Å². The van der Waals surface area contributed by atoms with E-state index in [1.54, 1.807) is 4.90 Å². The van der Waals surface area contributed by atoms with Crippen molar-refractivity contribution in [2.75, 3.05) is 33.7 Å². The zero-order chi connectivity index (χ0) is 15.2. The second-order valence-electron chi connectivity index (χ2n) is 5.77. The first kappa shape index (κ1) is 15.6. The first-order valence-electron chi connectivity index (χ1n) is 7.50. The lowest BCUT2D eigenvalue weighted by Crippen LogP contribution is -2.60. The molecule has 0 saturated carbocycles. The molecule has 1 atom stereocenters. The zero-order valence-corrected chi connectivity index (χ0v) is 13.1. The van der Waals surface area contributed by atoms with Gasteiger partial charge in [0.25, 0.3) is 0 Å². The predicted octanol–water partition coefficient (Wildman–Crippen LogP) is 1.80. The Kier molecular flexibility index (Phi) is 5.44. The number of carbonyl (C=O) groups excluding carboxylic acids is 1. The molecule has 5 nitrogen and oxygen atoms in total. The van der Waals surface area contributed by atoms with E-state index in [0.29, 0.717) is 13.1 Å². The third kappa shape index (κ3) is 4.63. The number of ether oxygens (including phenoxy) is 1. The van der Waals surface area contributed by atoms with Crippen LogP contribution < -0.4 is 10.1 Å². The molecule has 0 aliphatic carbocycles. The molecule has 0 aromatic heterocycles. The van der Waals surface area contributed by atoms with E-state index in [2.05, 4.69) is 17.1 Å². The maximum absolute atomic E-state index is 12.1. The van der Waals surface area contributed by atoms with Gasteiger partial charge in [-0.1, -0.05) is 25.1 Å². The quantitative estimate of drug-likeness (QED) is 0.869. The van der Waals surface area contributed by atoms with Crippen molar-refractivity contribution in [2.24, 2.45) is 0 Å². The number of rotatable bonds is 6. The van der Waals surface area contributed by atoms with Crippen molar-refractivity contribution in [1.29, 1.82) is 0 Å². The summed E-state index contributed by atoms with van der Waals surface area (Å²) in [6, 6.07) is 9.94. The largest absolute Gasteiger partial charge is 0.487 e. The van der Waals surface area contributed by atoms with Gasteiger partial charge in [0.15, 0.2) is 0 Å². The van der Waals surface area contributed by atoms with Crippen LogP contribution >= 0.6 is 0 Å². The number of hydrogen-bond acceptors (Lipinski definition) is 3. The normalized spacial score (nSPS) is 16.5. The van der Waals surface area contributed by atoms with Crippen molar-refractivity contribution >= 4 is 6.03 Å². The molecule has 1 aromatic carbocycles. The van der Waals surface area contributed by atoms with Crippen molar-refractivity contribution < 1.29 is 9.53 Å². The van der Waals surface area contributed by atoms with E-state index in [4.69, 9.17) is 4.74 Å². The number of benzene rings is 1. The van der Waals surface area contributed by atoms with Crippen LogP contribution in [0.25, 0.3) is 0 Å². The summed E-state index contributed by atoms with van der Waals surface area (Å²) < 4.78 is 5.80. The second kappa shape index (κ2) is 7.31. The van der Waals surface area contributed by atoms with Gasteiger partial charge >= 0.3 is 6.03 Å². The molecule has 1 saturated heterocycles. The number of carbonyl (C=O) groups is 1. The number of amides is 2. The lowest BCUT2D eigenvalue weighted by molar-refractivity contribution is 0.0430. The first-order valence-corrected chi connectivity index (χ1v) is 7.50. The molecule has 21 heavy (non-hydrogen) atoms. The Balaban J connectivity index is 1.72. The zero-order valence-electron chi connectivity index (χ0n) is 13.1. The number of para-hydroxylation sites is 1. The number of hydrogen-bond donors (Lipinski definition) is 1. The summed E-state index contributed by atoms with van der Waals surface area (Å²) in [5.41, 5.74) is 0. The fourth-order valence-corrected chi connectivity index (χ4v) is 2.35. The van der Waals surface area contributed by atoms with Gasteiger partial charge in [-0.3, -0.25) is 0 Å². The highest BCUT2D eigenvalue weighted by Crippen LogP contribution is 2.17. The predicted molar refractivity (Wildman–Crippen MR) is 83.6 cm³/mol. The van der Waals surface area contributed by atoms with Gasteiger partial charge < -0.3 is 19.9 Å². The average Bonchev–Trinajstić information content (AvgIpc) is 2.42. The van der Waals surface area contributed by atoms with Gasteiger partial charge in [0, 0.05) is 12.6 Å². The fourth-order valence-electron chi connectivity index (χ4n) is 2.35. The molecule has 1 fully saturated rings. The molecule has 0 unspecified atom stereocenters. The highest BCUT2D eigenvalue weighted by molar-refractivity contribution is 5.75. The molecule has 1 aliphatic rings. The maximum atomic E-state index is 12.1. The molecule has 5 heteroatoms. The van der Waals surface area contributed by atoms with Crippen LogP contribution in [0.1, 0.15) is 13.3 Å². The van der Waals surface area contributed by atoms with Gasteiger partial charge in [-0.15, -0.1) is 0 Å². The Bertz CT molecular complexity index is 444. The summed E-state index contributed by atoms with van der Waals surface area (Å²) in [5, 5.41) is 3.07. The van der Waals surface area contributed by atoms with Crippen molar-refractivity contribution in [3.63, 3.8) is 0 Å². The minimum atomic E-state index is 0.0108. The van der Waals surface area contributed by atoms with Gasteiger partial charge in [0.2, 0.25) is 0 Å². The van der Waals surface area contributed by atoms with Crippen molar-refractivity contribution in [1.82, 2.24) is 15.1 Å². The van der Waals surface area contributed by atoms with Crippen LogP contribution in [0.4, 0.5) is 4.79 Å². The number of urea groups is 1. The lowest BCUT2D eigenvalue weighted by Gasteiger charge is -2.39. The minimum absolute atomic E-state index is 0.0108. The molecule has 1 N–H and O–H groups in total. The topological polar surface area (TPSA) is 44.8 Å². The van der Waals surface area contributed by atoms with Crippen molar-refractivity contribution in [3.05, 3.63) is 30.3 Å². The van der Waals surface area contributed by atoms with Gasteiger partial charge in [-0.05, 0) is 32.6 Å². The Labute approximate surface area is 126 Å². The van der Waals surface area contributed by atoms with E-state index < -0.39 is 0 Å². The highest BCUT2D eigenvalue weighted by Gasteiger charge is 2.32. The fraction of sp³-hybridized carbons (Fsp3) is 0.562. The molecule has 1 aromatic rings. The van der Waals surface area contributed by atoms with E-state index in [1.807, 2.05) is 44.4 Å². The van der Waals surface area contributed by atoms with Crippen LogP contribution in [0.3, 0.4) is 0 Å². The monoisotopic (exact) mass is 291 g/mol. The number of nitrogens with one attached hydrogen (secondary N) is 1. The molecule has 2 rings (SSSR count). The highest BCUT2D eigenvalue weighted by atomic mass is 16.5. The number of likely N-dealkylation sites (tertiary alicyclic amines) is 1. The van der Waals surface area contributed by atoms with Gasteiger partial charge in [0.05, 0.1) is 13.1 Å². The average molecular weight is 291 g/mol. The first-order chi connectivity index (χ1) is 10.1. The van der Waals surface area contributed by atoms with Crippen molar-refractivity contribution in [3.8, 4) is 5.75 Å². The van der Waals surface area contributed by atoms with E-state index in [9.17, 15) is 4.79 Å². The van der Waals surface area contributed by atoms with E-state index in [0.717, 1.165) is 18.7 Å². The van der Waals surface area contributed by atoms with E-state index in [-0.39, 0.29) is 18.2 Å². The van der Waals surface area contributed by atoms with Crippen molar-refractivity contribution in [2.45, 2.75) is 25.5 Å². The van der Waals surface area contributed by atoms with Crippen LogP contribution in [0.2, 0.25) is 0 Å². The van der Waals surface area contributed by atoms with Crippen LogP contribution in [0.15, 0.2) is 30.3 Å². The summed E-state index contributed by atoms with van der Waals surface area (Å²) in [4.78, 5) is 16.0. The van der Waals surface area contributed by atoms with Crippen LogP contribution in [-0.2, 0) is 0 Å². The van der Waals surface area contributed by atoms with Gasteiger partial charge in [-0.25, -0.2) is 4.79 Å². The Morgan fingerprint density at radius 2 is 2.05 bits per heavy atom. The summed E-state index contributed by atoms with van der Waals surface area (Å²) in [6.07, 6.45) is 1.04. The molecule has 0 spiro atoms. The molecule has 2 amide bonds. The number of likely N-dealkylation sites (N-methyl/N-ethyl adjacent to an activating group) is 1. The molecule has 116 valence electrons. The third-order valence-electron chi connectivity index (χ3n) is 3.59. The standard InChI is InChI=1S/C16H25N3O2/c1-4-13(10-18(2)3)17-16(20)19-11-15(12-19)21-14-8-6-5-7-9-14/h5-9,13,15H,4,10-12H2,1-3H3,(H,17,20)/t13-/m0/s1. The van der Waals surface area contributed by atoms with Crippen LogP contribution in [0.5, 0.6) is 5.75 Å². The summed E-state index contributed by atoms with van der Waals surface area (Å²) in [6.45, 7) is 4.25. The molecular formula is C16H25N3O2. The van der Waals surface area contributed by atoms with E-state index >= 15 is 0 Å². The molecule has 1 aliphatic heterocycles. The Morgan fingerprint density at radius 3 is 2.62 bits per heavy atom. The molecular weight excluding hydrogens is 266 g/mol. The molecule has 0 radical (unpaired) electrons. The van der Waals surface area contributed by atoms with Gasteiger partial charge in [-0.2, -0.15) is 0 Å². The Morgan fingerprint density at radius 1 is 1.38 bits per heavy atom. The second-order valence-corrected chi connectivity index (χ2v) is 5.77. The van der Waals surface area contributed by atoms with E-state index in [1.165, 1.54) is 0 Å². The molecule has 0 bridgehead atoms. The van der Waals surface area contributed by atoms with Gasteiger partial charge in [0.1, 0.15) is 11.9 Å².